The second kappa shape index (κ2) is 5.09. The van der Waals surface area contributed by atoms with Crippen LogP contribution in [0.4, 0.5) is 16.3 Å². The Morgan fingerprint density at radius 2 is 2.05 bits per heavy atom. The van der Waals surface area contributed by atoms with Crippen LogP contribution in [0.5, 0.6) is 0 Å². The van der Waals surface area contributed by atoms with Crippen molar-refractivity contribution < 1.29 is 14.8 Å². The topological polar surface area (TPSA) is 99.8 Å². The van der Waals surface area contributed by atoms with Crippen LogP contribution < -0.4 is 4.90 Å². The molecular formula is C11H14N4O4. The number of hydrogen-bond acceptors (Lipinski definition) is 5. The maximum Gasteiger partial charge on any atom is 0.407 e. The van der Waals surface area contributed by atoms with E-state index in [-0.39, 0.29) is 5.69 Å². The summed E-state index contributed by atoms with van der Waals surface area (Å²) in [5.74, 6) is 0.315. The number of aromatic nitrogens is 1. The van der Waals surface area contributed by atoms with Crippen LogP contribution in [0.25, 0.3) is 0 Å². The number of nitrogens with zero attached hydrogens (tertiary/aromatic N) is 4. The Kier molecular flexibility index (Phi) is 3.50. The van der Waals surface area contributed by atoms with Crippen molar-refractivity contribution in [2.24, 2.45) is 0 Å². The first kappa shape index (κ1) is 13.1. The third kappa shape index (κ3) is 2.56. The number of anilines is 1. The van der Waals surface area contributed by atoms with Gasteiger partial charge in [-0.3, -0.25) is 10.1 Å². The fraction of sp³-hybridized carbons (Fsp3) is 0.455. The van der Waals surface area contributed by atoms with Gasteiger partial charge < -0.3 is 14.9 Å². The van der Waals surface area contributed by atoms with E-state index in [1.54, 1.807) is 17.9 Å². The summed E-state index contributed by atoms with van der Waals surface area (Å²) >= 11 is 0. The van der Waals surface area contributed by atoms with Crippen LogP contribution in [-0.4, -0.2) is 52.2 Å². The maximum atomic E-state index is 11.1. The molecule has 19 heavy (non-hydrogen) atoms. The largest absolute Gasteiger partial charge is 0.465 e. The monoisotopic (exact) mass is 266 g/mol. The molecular weight excluding hydrogens is 252 g/mol. The number of carboxylic acid groups (broad SMARTS) is 1. The molecule has 2 rings (SSSR count). The predicted octanol–water partition coefficient (Wildman–Crippen LogP) is 1.10. The highest BCUT2D eigenvalue weighted by atomic mass is 16.6. The van der Waals surface area contributed by atoms with Crippen molar-refractivity contribution in [2.45, 2.75) is 6.92 Å². The summed E-state index contributed by atoms with van der Waals surface area (Å²) in [6.07, 6.45) is 0.563. The standard InChI is InChI=1S/C11H14N4O4/c1-8-2-3-12-10(9(8)15(18)19)13-4-6-14(7-5-13)11(16)17/h2-3H,4-7H2,1H3,(H,16,17). The molecule has 102 valence electrons. The summed E-state index contributed by atoms with van der Waals surface area (Å²) in [7, 11) is 0. The van der Waals surface area contributed by atoms with Crippen molar-refractivity contribution in [3.8, 4) is 0 Å². The molecule has 1 fully saturated rings. The van der Waals surface area contributed by atoms with Crippen molar-refractivity contribution in [3.63, 3.8) is 0 Å². The molecule has 2 heterocycles. The average molecular weight is 266 g/mol. The van der Waals surface area contributed by atoms with E-state index in [9.17, 15) is 14.9 Å². The van der Waals surface area contributed by atoms with E-state index in [0.717, 1.165) is 0 Å². The van der Waals surface area contributed by atoms with Crippen LogP contribution in [0.1, 0.15) is 5.56 Å². The van der Waals surface area contributed by atoms with Crippen LogP contribution in [-0.2, 0) is 0 Å². The molecule has 0 aromatic carbocycles. The van der Waals surface area contributed by atoms with Crippen molar-refractivity contribution in [1.82, 2.24) is 9.88 Å². The lowest BCUT2D eigenvalue weighted by Crippen LogP contribution is -2.48. The Hall–Kier alpha value is -2.38. The number of nitro groups is 1. The minimum atomic E-state index is -0.966. The lowest BCUT2D eigenvalue weighted by Gasteiger charge is -2.33. The lowest BCUT2D eigenvalue weighted by molar-refractivity contribution is -0.384. The van der Waals surface area contributed by atoms with E-state index in [1.807, 2.05) is 0 Å². The lowest BCUT2D eigenvalue weighted by atomic mass is 10.2. The number of rotatable bonds is 2. The summed E-state index contributed by atoms with van der Waals surface area (Å²) in [6.45, 7) is 3.12. The number of amides is 1. The van der Waals surface area contributed by atoms with Gasteiger partial charge in [-0.25, -0.2) is 9.78 Å². The molecule has 0 radical (unpaired) electrons. The van der Waals surface area contributed by atoms with E-state index in [2.05, 4.69) is 4.98 Å². The Morgan fingerprint density at radius 3 is 2.58 bits per heavy atom. The second-order valence-electron chi connectivity index (χ2n) is 4.31. The van der Waals surface area contributed by atoms with Gasteiger partial charge in [0.1, 0.15) is 0 Å². The highest BCUT2D eigenvalue weighted by Gasteiger charge is 2.27. The zero-order valence-corrected chi connectivity index (χ0v) is 10.4. The second-order valence-corrected chi connectivity index (χ2v) is 4.31. The molecule has 0 unspecified atom stereocenters. The predicted molar refractivity (Wildman–Crippen MR) is 67.4 cm³/mol. The van der Waals surface area contributed by atoms with Gasteiger partial charge in [0.2, 0.25) is 5.82 Å². The van der Waals surface area contributed by atoms with Gasteiger partial charge >= 0.3 is 11.8 Å². The van der Waals surface area contributed by atoms with E-state index in [0.29, 0.717) is 37.6 Å². The SMILES string of the molecule is Cc1ccnc(N2CCN(C(=O)O)CC2)c1[N+](=O)[O-]. The average Bonchev–Trinajstić information content (AvgIpc) is 2.38. The van der Waals surface area contributed by atoms with Crippen LogP contribution in [0, 0.1) is 17.0 Å². The molecule has 1 amide bonds. The molecule has 0 aliphatic carbocycles. The zero-order valence-electron chi connectivity index (χ0n) is 10.4. The summed E-state index contributed by atoms with van der Waals surface area (Å²) in [4.78, 5) is 28.6. The van der Waals surface area contributed by atoms with Crippen molar-refractivity contribution in [1.29, 1.82) is 0 Å². The zero-order chi connectivity index (χ0) is 14.0. The molecule has 1 N–H and O–H groups in total. The van der Waals surface area contributed by atoms with Crippen molar-refractivity contribution in [2.75, 3.05) is 31.1 Å². The highest BCUT2D eigenvalue weighted by Crippen LogP contribution is 2.29. The molecule has 0 saturated carbocycles. The van der Waals surface area contributed by atoms with Crippen LogP contribution in [0.2, 0.25) is 0 Å². The summed E-state index contributed by atoms with van der Waals surface area (Å²) in [5, 5.41) is 20.0. The van der Waals surface area contributed by atoms with E-state index in [1.165, 1.54) is 11.1 Å². The Morgan fingerprint density at radius 1 is 1.42 bits per heavy atom. The number of pyridine rings is 1. The molecule has 8 heteroatoms. The number of aryl methyl sites for hydroxylation is 1. The number of hydrogen-bond donors (Lipinski definition) is 1. The minimum Gasteiger partial charge on any atom is -0.465 e. The number of piperazine rings is 1. The Balaban J connectivity index is 2.22. The fourth-order valence-electron chi connectivity index (χ4n) is 2.10. The maximum absolute atomic E-state index is 11.1. The van der Waals surface area contributed by atoms with Gasteiger partial charge in [0.05, 0.1) is 4.92 Å². The highest BCUT2D eigenvalue weighted by molar-refractivity contribution is 5.66. The van der Waals surface area contributed by atoms with Crippen molar-refractivity contribution >= 4 is 17.6 Å². The van der Waals surface area contributed by atoms with Gasteiger partial charge in [-0.1, -0.05) is 0 Å². The van der Waals surface area contributed by atoms with E-state index < -0.39 is 11.0 Å². The van der Waals surface area contributed by atoms with Gasteiger partial charge in [-0.15, -0.1) is 0 Å². The molecule has 0 bridgehead atoms. The summed E-state index contributed by atoms with van der Waals surface area (Å²) in [5.41, 5.74) is 0.543. The molecule has 1 aliphatic heterocycles. The van der Waals surface area contributed by atoms with Crippen LogP contribution in [0.3, 0.4) is 0 Å². The van der Waals surface area contributed by atoms with Crippen LogP contribution >= 0.6 is 0 Å². The van der Waals surface area contributed by atoms with E-state index >= 15 is 0 Å². The molecule has 1 aliphatic rings. The van der Waals surface area contributed by atoms with E-state index in [4.69, 9.17) is 5.11 Å². The smallest absolute Gasteiger partial charge is 0.407 e. The van der Waals surface area contributed by atoms with Gasteiger partial charge in [0.15, 0.2) is 0 Å². The molecule has 0 atom stereocenters. The Bertz CT molecular complexity index is 511. The number of carbonyl (C=O) groups is 1. The quantitative estimate of drug-likeness (QED) is 0.635. The molecule has 1 aromatic heterocycles. The Labute approximate surface area is 109 Å². The molecule has 0 spiro atoms. The fourth-order valence-corrected chi connectivity index (χ4v) is 2.10. The van der Waals surface area contributed by atoms with Gasteiger partial charge in [0.25, 0.3) is 0 Å². The van der Waals surface area contributed by atoms with Crippen LogP contribution in [0.15, 0.2) is 12.3 Å². The van der Waals surface area contributed by atoms with Gasteiger partial charge in [-0.2, -0.15) is 0 Å². The van der Waals surface area contributed by atoms with Gasteiger partial charge in [0, 0.05) is 37.9 Å². The first-order valence-corrected chi connectivity index (χ1v) is 5.83. The molecule has 1 aromatic rings. The third-order valence-electron chi connectivity index (χ3n) is 3.14. The first-order valence-electron chi connectivity index (χ1n) is 5.83. The molecule has 1 saturated heterocycles. The minimum absolute atomic E-state index is 0.00808. The summed E-state index contributed by atoms with van der Waals surface area (Å²) < 4.78 is 0. The normalized spacial score (nSPS) is 15.4. The van der Waals surface area contributed by atoms with Crippen molar-refractivity contribution in [3.05, 3.63) is 27.9 Å². The summed E-state index contributed by atoms with van der Waals surface area (Å²) in [6, 6.07) is 1.59. The first-order chi connectivity index (χ1) is 9.00. The van der Waals surface area contributed by atoms with Gasteiger partial charge in [-0.05, 0) is 13.0 Å². The third-order valence-corrected chi connectivity index (χ3v) is 3.14. The molecule has 8 nitrogen and oxygen atoms in total.